The molecule has 0 aromatic heterocycles. The molecule has 1 amide bonds. The monoisotopic (exact) mass is 291 g/mol. The molecule has 0 aliphatic rings. The molecule has 0 aliphatic carbocycles. The van der Waals surface area contributed by atoms with Crippen molar-refractivity contribution in [2.45, 2.75) is 40.2 Å². The Kier molecular flexibility index (Phi) is 6.92. The van der Waals surface area contributed by atoms with Crippen molar-refractivity contribution in [2.24, 2.45) is 11.8 Å². The minimum atomic E-state index is -0.820. The molecule has 0 spiro atoms. The van der Waals surface area contributed by atoms with Gasteiger partial charge in [0.25, 0.3) is 0 Å². The molecule has 0 aliphatic heterocycles. The zero-order valence-corrected chi connectivity index (χ0v) is 13.1. The number of hydrogen-bond donors (Lipinski definition) is 1. The smallest absolute Gasteiger partial charge is 0.303 e. The lowest BCUT2D eigenvalue weighted by Gasteiger charge is -2.27. The van der Waals surface area contributed by atoms with Gasteiger partial charge in [0, 0.05) is 25.4 Å². The molecule has 0 saturated carbocycles. The topological polar surface area (TPSA) is 57.6 Å². The van der Waals surface area contributed by atoms with E-state index in [4.69, 9.17) is 5.11 Å². The second kappa shape index (κ2) is 8.45. The van der Waals surface area contributed by atoms with Crippen LogP contribution in [0.3, 0.4) is 0 Å². The van der Waals surface area contributed by atoms with Gasteiger partial charge in [0.1, 0.15) is 0 Å². The van der Waals surface area contributed by atoms with Gasteiger partial charge >= 0.3 is 5.97 Å². The van der Waals surface area contributed by atoms with Gasteiger partial charge in [0.2, 0.25) is 5.91 Å². The molecule has 116 valence electrons. The number of rotatable bonds is 8. The molecular formula is C17H25NO3. The highest BCUT2D eigenvalue weighted by Crippen LogP contribution is 2.16. The number of carboxylic acids is 1. The third-order valence-electron chi connectivity index (χ3n) is 3.74. The van der Waals surface area contributed by atoms with Crippen LogP contribution in [-0.2, 0) is 16.1 Å². The lowest BCUT2D eigenvalue weighted by Crippen LogP contribution is -2.37. The number of aliphatic carboxylic acids is 1. The van der Waals surface area contributed by atoms with Crippen LogP contribution in [0.25, 0.3) is 0 Å². The molecule has 1 unspecified atom stereocenters. The fraction of sp³-hybridized carbons (Fsp3) is 0.529. The van der Waals surface area contributed by atoms with Crippen LogP contribution < -0.4 is 0 Å². The Morgan fingerprint density at radius 2 is 1.76 bits per heavy atom. The SMILES string of the molecule is CC(C)C(C)C(=O)N(CCCC(=O)O)Cc1ccccc1. The van der Waals surface area contributed by atoms with Crippen molar-refractivity contribution in [1.82, 2.24) is 4.90 Å². The van der Waals surface area contributed by atoms with Gasteiger partial charge in [-0.2, -0.15) is 0 Å². The average molecular weight is 291 g/mol. The molecule has 1 atom stereocenters. The van der Waals surface area contributed by atoms with E-state index in [2.05, 4.69) is 0 Å². The minimum absolute atomic E-state index is 0.0569. The van der Waals surface area contributed by atoms with E-state index in [1.165, 1.54) is 0 Å². The first-order valence-electron chi connectivity index (χ1n) is 7.46. The van der Waals surface area contributed by atoms with Crippen LogP contribution in [0.5, 0.6) is 0 Å². The lowest BCUT2D eigenvalue weighted by atomic mass is 9.96. The van der Waals surface area contributed by atoms with Crippen LogP contribution >= 0.6 is 0 Å². The third-order valence-corrected chi connectivity index (χ3v) is 3.74. The minimum Gasteiger partial charge on any atom is -0.481 e. The van der Waals surface area contributed by atoms with Gasteiger partial charge in [0.05, 0.1) is 0 Å². The fourth-order valence-corrected chi connectivity index (χ4v) is 2.07. The highest BCUT2D eigenvalue weighted by atomic mass is 16.4. The Bertz CT molecular complexity index is 456. The van der Waals surface area contributed by atoms with Crippen LogP contribution in [0.15, 0.2) is 30.3 Å². The van der Waals surface area contributed by atoms with Gasteiger partial charge in [-0.25, -0.2) is 0 Å². The van der Waals surface area contributed by atoms with E-state index in [9.17, 15) is 9.59 Å². The highest BCUT2D eigenvalue weighted by Gasteiger charge is 2.23. The van der Waals surface area contributed by atoms with E-state index in [-0.39, 0.29) is 24.2 Å². The molecule has 1 aromatic rings. The fourth-order valence-electron chi connectivity index (χ4n) is 2.07. The van der Waals surface area contributed by atoms with Gasteiger partial charge in [-0.15, -0.1) is 0 Å². The van der Waals surface area contributed by atoms with Crippen LogP contribution in [0.1, 0.15) is 39.2 Å². The van der Waals surface area contributed by atoms with Crippen molar-refractivity contribution in [3.63, 3.8) is 0 Å². The van der Waals surface area contributed by atoms with Gasteiger partial charge in [0.15, 0.2) is 0 Å². The lowest BCUT2D eigenvalue weighted by molar-refractivity contribution is -0.140. The molecule has 1 N–H and O–H groups in total. The summed E-state index contributed by atoms with van der Waals surface area (Å²) >= 11 is 0. The van der Waals surface area contributed by atoms with Crippen molar-refractivity contribution in [1.29, 1.82) is 0 Å². The maximum absolute atomic E-state index is 12.5. The van der Waals surface area contributed by atoms with Crippen molar-refractivity contribution < 1.29 is 14.7 Å². The number of amides is 1. The number of hydrogen-bond acceptors (Lipinski definition) is 2. The second-order valence-electron chi connectivity index (χ2n) is 5.78. The second-order valence-corrected chi connectivity index (χ2v) is 5.78. The summed E-state index contributed by atoms with van der Waals surface area (Å²) in [6.45, 7) is 7.01. The maximum Gasteiger partial charge on any atom is 0.303 e. The van der Waals surface area contributed by atoms with E-state index in [1.807, 2.05) is 51.1 Å². The Morgan fingerprint density at radius 1 is 1.14 bits per heavy atom. The average Bonchev–Trinajstić information content (AvgIpc) is 2.45. The summed E-state index contributed by atoms with van der Waals surface area (Å²) < 4.78 is 0. The van der Waals surface area contributed by atoms with Crippen LogP contribution in [0.2, 0.25) is 0 Å². The van der Waals surface area contributed by atoms with Gasteiger partial charge in [-0.05, 0) is 17.9 Å². The van der Waals surface area contributed by atoms with E-state index < -0.39 is 5.97 Å². The summed E-state index contributed by atoms with van der Waals surface area (Å²) in [5, 5.41) is 8.75. The number of carbonyl (C=O) groups excluding carboxylic acids is 1. The van der Waals surface area contributed by atoms with Crippen molar-refractivity contribution in [3.05, 3.63) is 35.9 Å². The first-order valence-corrected chi connectivity index (χ1v) is 7.46. The summed E-state index contributed by atoms with van der Waals surface area (Å²) in [6, 6.07) is 9.80. The van der Waals surface area contributed by atoms with Crippen molar-refractivity contribution in [2.75, 3.05) is 6.54 Å². The van der Waals surface area contributed by atoms with Crippen LogP contribution in [-0.4, -0.2) is 28.4 Å². The molecule has 1 rings (SSSR count). The summed E-state index contributed by atoms with van der Waals surface area (Å²) in [6.07, 6.45) is 0.577. The molecule has 0 fully saturated rings. The Morgan fingerprint density at radius 3 is 2.29 bits per heavy atom. The van der Waals surface area contributed by atoms with Crippen molar-refractivity contribution >= 4 is 11.9 Å². The molecule has 0 bridgehead atoms. The highest BCUT2D eigenvalue weighted by molar-refractivity contribution is 5.78. The van der Waals surface area contributed by atoms with E-state index in [0.29, 0.717) is 19.5 Å². The molecule has 0 heterocycles. The molecular weight excluding hydrogens is 266 g/mol. The zero-order valence-electron chi connectivity index (χ0n) is 13.1. The van der Waals surface area contributed by atoms with Gasteiger partial charge in [-0.1, -0.05) is 51.1 Å². The normalized spacial score (nSPS) is 12.2. The maximum atomic E-state index is 12.5. The molecule has 0 radical (unpaired) electrons. The Hall–Kier alpha value is -1.84. The van der Waals surface area contributed by atoms with Crippen LogP contribution in [0, 0.1) is 11.8 Å². The summed E-state index contributed by atoms with van der Waals surface area (Å²) in [7, 11) is 0. The van der Waals surface area contributed by atoms with Crippen molar-refractivity contribution in [3.8, 4) is 0 Å². The van der Waals surface area contributed by atoms with Crippen LogP contribution in [0.4, 0.5) is 0 Å². The third kappa shape index (κ3) is 5.98. The number of carboxylic acid groups (broad SMARTS) is 1. The Labute approximate surface area is 126 Å². The number of benzene rings is 1. The molecule has 4 heteroatoms. The van der Waals surface area contributed by atoms with Gasteiger partial charge < -0.3 is 10.0 Å². The standard InChI is InChI=1S/C17H25NO3/c1-13(2)14(3)17(21)18(11-7-10-16(19)20)12-15-8-5-4-6-9-15/h4-6,8-9,13-14H,7,10-12H2,1-3H3,(H,19,20). The molecule has 0 saturated heterocycles. The molecule has 1 aromatic carbocycles. The van der Waals surface area contributed by atoms with E-state index >= 15 is 0 Å². The van der Waals surface area contributed by atoms with Gasteiger partial charge in [-0.3, -0.25) is 9.59 Å². The number of nitrogens with zero attached hydrogens (tertiary/aromatic N) is 1. The predicted octanol–water partition coefficient (Wildman–Crippen LogP) is 3.17. The predicted molar refractivity (Wildman–Crippen MR) is 82.7 cm³/mol. The quantitative estimate of drug-likeness (QED) is 0.800. The first-order chi connectivity index (χ1) is 9.91. The largest absolute Gasteiger partial charge is 0.481 e. The first kappa shape index (κ1) is 17.2. The molecule has 4 nitrogen and oxygen atoms in total. The van der Waals surface area contributed by atoms with E-state index in [1.54, 1.807) is 4.90 Å². The summed E-state index contributed by atoms with van der Waals surface area (Å²) in [5.41, 5.74) is 1.07. The zero-order chi connectivity index (χ0) is 15.8. The van der Waals surface area contributed by atoms with E-state index in [0.717, 1.165) is 5.56 Å². The molecule has 21 heavy (non-hydrogen) atoms. The Balaban J connectivity index is 2.73. The number of carbonyl (C=O) groups is 2. The summed E-state index contributed by atoms with van der Waals surface area (Å²) in [5.74, 6) is -0.507. The summed E-state index contributed by atoms with van der Waals surface area (Å²) in [4.78, 5) is 25.0.